The van der Waals surface area contributed by atoms with Gasteiger partial charge in [-0.15, -0.1) is 35.7 Å². The van der Waals surface area contributed by atoms with E-state index in [1.807, 2.05) is 30.5 Å². The Morgan fingerprint density at radius 1 is 1.20 bits per heavy atom. The molecule has 5 nitrogen and oxygen atoms in total. The zero-order valence-electron chi connectivity index (χ0n) is 17.4. The predicted molar refractivity (Wildman–Crippen MR) is 134 cm³/mol. The normalized spacial score (nSPS) is 15.5. The number of hydrogen-bond acceptors (Lipinski definition) is 4. The van der Waals surface area contributed by atoms with Crippen LogP contribution in [0.25, 0.3) is 0 Å². The lowest BCUT2D eigenvalue weighted by molar-refractivity contribution is 0.196. The van der Waals surface area contributed by atoms with E-state index in [0.29, 0.717) is 17.5 Å². The highest BCUT2D eigenvalue weighted by molar-refractivity contribution is 14.0. The third kappa shape index (κ3) is 8.39. The van der Waals surface area contributed by atoms with Gasteiger partial charge in [0.05, 0.1) is 12.2 Å². The zero-order chi connectivity index (χ0) is 20.3. The van der Waals surface area contributed by atoms with Crippen molar-refractivity contribution in [3.05, 3.63) is 60.2 Å². The number of halogens is 2. The van der Waals surface area contributed by atoms with Gasteiger partial charge in [-0.1, -0.05) is 18.2 Å². The van der Waals surface area contributed by atoms with Crippen LogP contribution in [0, 0.1) is 5.82 Å². The van der Waals surface area contributed by atoms with Gasteiger partial charge >= 0.3 is 0 Å². The number of benzene rings is 1. The van der Waals surface area contributed by atoms with E-state index in [0.717, 1.165) is 56.4 Å². The summed E-state index contributed by atoms with van der Waals surface area (Å²) in [6.07, 6.45) is 4.02. The standard InChI is InChI=1S/C22H30FN5S.HI/c1-2-24-22(26-13-16-29-21-9-4-3-8-20(21)23)27-18-10-14-28(15-11-18)17-19-7-5-6-12-25-19;/h3-9,12,18H,2,10-11,13-17H2,1H3,(H2,24,26,27);1H. The van der Waals surface area contributed by atoms with Gasteiger partial charge in [-0.25, -0.2) is 4.39 Å². The smallest absolute Gasteiger partial charge is 0.191 e. The maximum atomic E-state index is 13.7. The van der Waals surface area contributed by atoms with Crippen molar-refractivity contribution < 1.29 is 4.39 Å². The lowest BCUT2D eigenvalue weighted by atomic mass is 10.0. The zero-order valence-corrected chi connectivity index (χ0v) is 20.5. The van der Waals surface area contributed by atoms with Crippen LogP contribution >= 0.6 is 35.7 Å². The van der Waals surface area contributed by atoms with Crippen LogP contribution in [-0.2, 0) is 6.54 Å². The number of nitrogens with one attached hydrogen (secondary N) is 2. The summed E-state index contributed by atoms with van der Waals surface area (Å²) in [5.74, 6) is 1.44. The van der Waals surface area contributed by atoms with Crippen LogP contribution in [0.15, 0.2) is 58.5 Å². The summed E-state index contributed by atoms with van der Waals surface area (Å²) < 4.78 is 13.7. The first-order valence-corrected chi connectivity index (χ1v) is 11.3. The van der Waals surface area contributed by atoms with Gasteiger partial charge < -0.3 is 10.6 Å². The van der Waals surface area contributed by atoms with Crippen molar-refractivity contribution in [2.24, 2.45) is 4.99 Å². The highest BCUT2D eigenvalue weighted by Gasteiger charge is 2.20. The fourth-order valence-corrected chi connectivity index (χ4v) is 4.13. The lowest BCUT2D eigenvalue weighted by Crippen LogP contribution is -2.48. The molecule has 0 radical (unpaired) electrons. The maximum absolute atomic E-state index is 13.7. The van der Waals surface area contributed by atoms with Gasteiger partial charge in [-0.3, -0.25) is 14.9 Å². The molecule has 1 aromatic heterocycles. The van der Waals surface area contributed by atoms with E-state index in [2.05, 4.69) is 38.5 Å². The van der Waals surface area contributed by atoms with Crippen molar-refractivity contribution in [1.29, 1.82) is 0 Å². The summed E-state index contributed by atoms with van der Waals surface area (Å²) in [5, 5.41) is 6.89. The molecule has 0 atom stereocenters. The number of nitrogens with zero attached hydrogens (tertiary/aromatic N) is 3. The fourth-order valence-electron chi connectivity index (χ4n) is 3.34. The molecule has 1 aliphatic heterocycles. The Balaban J connectivity index is 0.00000320. The van der Waals surface area contributed by atoms with Gasteiger partial charge in [0.2, 0.25) is 0 Å². The molecule has 1 aromatic carbocycles. The summed E-state index contributed by atoms with van der Waals surface area (Å²) in [6.45, 7) is 6.56. The van der Waals surface area contributed by atoms with Gasteiger partial charge in [0.1, 0.15) is 5.82 Å². The summed E-state index contributed by atoms with van der Waals surface area (Å²) in [7, 11) is 0. The van der Waals surface area contributed by atoms with E-state index < -0.39 is 0 Å². The topological polar surface area (TPSA) is 52.6 Å². The monoisotopic (exact) mass is 543 g/mol. The van der Waals surface area contributed by atoms with Crippen LogP contribution in [0.2, 0.25) is 0 Å². The number of likely N-dealkylation sites (tertiary alicyclic amines) is 1. The molecule has 8 heteroatoms. The fraction of sp³-hybridized carbons (Fsp3) is 0.455. The predicted octanol–water partition coefficient (Wildman–Crippen LogP) is 4.15. The third-order valence-corrected chi connectivity index (χ3v) is 5.87. The van der Waals surface area contributed by atoms with E-state index in [1.54, 1.807) is 6.07 Å². The second-order valence-corrected chi connectivity index (χ2v) is 8.19. The number of aromatic nitrogens is 1. The van der Waals surface area contributed by atoms with Crippen LogP contribution in [-0.4, -0.2) is 53.8 Å². The average molecular weight is 543 g/mol. The Morgan fingerprint density at radius 2 is 1.97 bits per heavy atom. The molecule has 0 spiro atoms. The number of thioether (sulfide) groups is 1. The Bertz CT molecular complexity index is 769. The molecule has 1 saturated heterocycles. The molecule has 164 valence electrons. The van der Waals surface area contributed by atoms with Crippen LogP contribution in [0.3, 0.4) is 0 Å². The van der Waals surface area contributed by atoms with Crippen LogP contribution in [0.4, 0.5) is 4.39 Å². The van der Waals surface area contributed by atoms with Gasteiger partial charge in [0, 0.05) is 49.1 Å². The van der Waals surface area contributed by atoms with Crippen LogP contribution in [0.1, 0.15) is 25.5 Å². The second-order valence-electron chi connectivity index (χ2n) is 7.06. The molecular weight excluding hydrogens is 512 g/mol. The van der Waals surface area contributed by atoms with E-state index in [9.17, 15) is 4.39 Å². The number of piperidine rings is 1. The van der Waals surface area contributed by atoms with Crippen molar-refractivity contribution >= 4 is 41.7 Å². The quantitative estimate of drug-likeness (QED) is 0.172. The molecule has 0 unspecified atom stereocenters. The molecule has 1 aliphatic rings. The Morgan fingerprint density at radius 3 is 2.67 bits per heavy atom. The van der Waals surface area contributed by atoms with Gasteiger partial charge in [-0.2, -0.15) is 0 Å². The number of guanidine groups is 1. The SMILES string of the molecule is CCNC(=NCCSc1ccccc1F)NC1CCN(Cc2ccccn2)CC1.I. The molecule has 2 aromatic rings. The van der Waals surface area contributed by atoms with E-state index in [4.69, 9.17) is 0 Å². The number of pyridine rings is 1. The molecule has 2 heterocycles. The Hall–Kier alpha value is -1.39. The molecule has 0 aliphatic carbocycles. The molecule has 30 heavy (non-hydrogen) atoms. The first kappa shape index (κ1) is 24.9. The van der Waals surface area contributed by atoms with E-state index in [1.165, 1.54) is 17.8 Å². The minimum atomic E-state index is -0.163. The van der Waals surface area contributed by atoms with Crippen LogP contribution in [0.5, 0.6) is 0 Å². The molecule has 0 amide bonds. The highest BCUT2D eigenvalue weighted by Crippen LogP contribution is 2.20. The highest BCUT2D eigenvalue weighted by atomic mass is 127. The molecule has 1 fully saturated rings. The van der Waals surface area contributed by atoms with Gasteiger partial charge in [0.15, 0.2) is 5.96 Å². The number of aliphatic imine (C=N–C) groups is 1. The molecule has 0 bridgehead atoms. The third-order valence-electron chi connectivity index (χ3n) is 4.84. The van der Waals surface area contributed by atoms with Crippen molar-refractivity contribution in [2.45, 2.75) is 37.2 Å². The molecule has 0 saturated carbocycles. The number of hydrogen-bond donors (Lipinski definition) is 2. The van der Waals surface area contributed by atoms with Gasteiger partial charge in [0.25, 0.3) is 0 Å². The largest absolute Gasteiger partial charge is 0.357 e. The number of rotatable bonds is 8. The van der Waals surface area contributed by atoms with Crippen molar-refractivity contribution in [2.75, 3.05) is 31.9 Å². The van der Waals surface area contributed by atoms with Crippen molar-refractivity contribution in [3.63, 3.8) is 0 Å². The minimum Gasteiger partial charge on any atom is -0.357 e. The van der Waals surface area contributed by atoms with Crippen LogP contribution < -0.4 is 10.6 Å². The average Bonchev–Trinajstić information content (AvgIpc) is 2.74. The first-order chi connectivity index (χ1) is 14.2. The van der Waals surface area contributed by atoms with E-state index in [-0.39, 0.29) is 29.8 Å². The molecule has 3 rings (SSSR count). The first-order valence-electron chi connectivity index (χ1n) is 10.3. The van der Waals surface area contributed by atoms with E-state index >= 15 is 0 Å². The van der Waals surface area contributed by atoms with Crippen molar-refractivity contribution in [1.82, 2.24) is 20.5 Å². The second kappa shape index (κ2) is 13.8. The minimum absolute atomic E-state index is 0. The lowest BCUT2D eigenvalue weighted by Gasteiger charge is -2.32. The summed E-state index contributed by atoms with van der Waals surface area (Å²) >= 11 is 1.50. The summed E-state index contributed by atoms with van der Waals surface area (Å²) in [4.78, 5) is 12.2. The molecular formula is C22H31FIN5S. The Kier molecular flexibility index (Phi) is 11.5. The van der Waals surface area contributed by atoms with Crippen molar-refractivity contribution in [3.8, 4) is 0 Å². The Labute approximate surface area is 200 Å². The van der Waals surface area contributed by atoms with Gasteiger partial charge in [-0.05, 0) is 44.0 Å². The molecule has 2 N–H and O–H groups in total. The maximum Gasteiger partial charge on any atom is 0.191 e. The summed E-state index contributed by atoms with van der Waals surface area (Å²) in [5.41, 5.74) is 1.13. The summed E-state index contributed by atoms with van der Waals surface area (Å²) in [6, 6.07) is 13.4.